The summed E-state index contributed by atoms with van der Waals surface area (Å²) in [6, 6.07) is 17.2. The molecule has 14 heteroatoms. The van der Waals surface area contributed by atoms with E-state index in [1.807, 2.05) is 0 Å². The summed E-state index contributed by atoms with van der Waals surface area (Å²) >= 11 is 7.94. The lowest BCUT2D eigenvalue weighted by Gasteiger charge is -2.30. The number of ether oxygens (including phenoxy) is 1. The van der Waals surface area contributed by atoms with Crippen molar-refractivity contribution in [3.63, 3.8) is 0 Å². The number of hydrogen-bond donors (Lipinski definition) is 1. The van der Waals surface area contributed by atoms with E-state index >= 15 is 0 Å². The minimum Gasteiger partial charge on any atom is -0.497 e. The van der Waals surface area contributed by atoms with Crippen molar-refractivity contribution in [1.82, 2.24) is 4.57 Å². The van der Waals surface area contributed by atoms with Crippen molar-refractivity contribution in [2.45, 2.75) is 28.9 Å². The van der Waals surface area contributed by atoms with Gasteiger partial charge in [-0.25, -0.2) is 4.90 Å². The van der Waals surface area contributed by atoms with E-state index in [9.17, 15) is 32.3 Å². The van der Waals surface area contributed by atoms with Crippen molar-refractivity contribution in [3.05, 3.63) is 103 Å². The zero-order chi connectivity index (χ0) is 31.3. The molecule has 2 aliphatic heterocycles. The lowest BCUT2D eigenvalue weighted by molar-refractivity contribution is -0.137. The molecule has 0 saturated carbocycles. The molecule has 3 heterocycles. The topological polar surface area (TPSA) is 97.7 Å². The molecule has 3 aromatic carbocycles. The van der Waals surface area contributed by atoms with Crippen LogP contribution < -0.4 is 19.8 Å². The predicted octanol–water partition coefficient (Wildman–Crippen LogP) is 6.03. The first-order valence-electron chi connectivity index (χ1n) is 13.1. The average molecular weight is 660 g/mol. The number of alkyl halides is 3. The number of nitrogens with one attached hydrogen (secondary N) is 1. The Bertz CT molecular complexity index is 1840. The average Bonchev–Trinajstić information content (AvgIpc) is 3.43. The number of halogens is 4. The molecular weight excluding hydrogens is 639 g/mol. The number of thiazole rings is 1. The third-order valence-electron chi connectivity index (χ3n) is 7.39. The number of nitrogens with zero attached hydrogens (tertiary/aromatic N) is 2. The lowest BCUT2D eigenvalue weighted by atomic mass is 9.83. The molecule has 0 aliphatic carbocycles. The predicted molar refractivity (Wildman–Crippen MR) is 161 cm³/mol. The third kappa shape index (κ3) is 5.39. The maximum atomic E-state index is 13.9. The molecular formula is C30H21ClF3N3O5S2. The van der Waals surface area contributed by atoms with Crippen LogP contribution in [0.3, 0.4) is 0 Å². The first-order valence-corrected chi connectivity index (χ1v) is 15.2. The maximum absolute atomic E-state index is 13.9. The second kappa shape index (κ2) is 11.5. The molecule has 0 bridgehead atoms. The van der Waals surface area contributed by atoms with Crippen LogP contribution in [0.1, 0.15) is 21.9 Å². The molecule has 3 amide bonds. The summed E-state index contributed by atoms with van der Waals surface area (Å²) in [5.74, 6) is -3.09. The Labute approximate surface area is 261 Å². The van der Waals surface area contributed by atoms with Gasteiger partial charge in [-0.05, 0) is 60.2 Å². The molecule has 1 N–H and O–H groups in total. The van der Waals surface area contributed by atoms with Crippen LogP contribution in [0.2, 0.25) is 5.02 Å². The van der Waals surface area contributed by atoms with Gasteiger partial charge in [-0.3, -0.25) is 23.7 Å². The first-order chi connectivity index (χ1) is 21.0. The molecule has 226 valence electrons. The van der Waals surface area contributed by atoms with Crippen molar-refractivity contribution in [3.8, 4) is 5.75 Å². The van der Waals surface area contributed by atoms with Crippen LogP contribution in [-0.2, 0) is 27.1 Å². The summed E-state index contributed by atoms with van der Waals surface area (Å²) in [6.07, 6.45) is -4.68. The smallest absolute Gasteiger partial charge is 0.416 e. The van der Waals surface area contributed by atoms with Crippen LogP contribution in [0.5, 0.6) is 5.75 Å². The molecule has 2 aliphatic rings. The van der Waals surface area contributed by atoms with Crippen molar-refractivity contribution in [2.75, 3.05) is 17.3 Å². The summed E-state index contributed by atoms with van der Waals surface area (Å²) in [5, 5.41) is 2.44. The van der Waals surface area contributed by atoms with Crippen LogP contribution in [0.25, 0.3) is 0 Å². The molecule has 4 aromatic rings. The van der Waals surface area contributed by atoms with Gasteiger partial charge >= 0.3 is 11.0 Å². The van der Waals surface area contributed by atoms with E-state index in [2.05, 4.69) is 5.32 Å². The van der Waals surface area contributed by atoms with Gasteiger partial charge in [-0.1, -0.05) is 52.9 Å². The highest BCUT2D eigenvalue weighted by Crippen LogP contribution is 2.54. The summed E-state index contributed by atoms with van der Waals surface area (Å²) < 4.78 is 46.8. The zero-order valence-electron chi connectivity index (χ0n) is 22.6. The van der Waals surface area contributed by atoms with Crippen molar-refractivity contribution < 1.29 is 32.3 Å². The number of amides is 3. The first kappa shape index (κ1) is 30.0. The Morgan fingerprint density at radius 1 is 1.00 bits per heavy atom. The van der Waals surface area contributed by atoms with Gasteiger partial charge in [0.2, 0.25) is 17.7 Å². The summed E-state index contributed by atoms with van der Waals surface area (Å²) in [5.41, 5.74) is -0.121. The number of carbonyl (C=O) groups excluding carboxylic acids is 3. The van der Waals surface area contributed by atoms with E-state index < -0.39 is 51.4 Å². The Kier molecular flexibility index (Phi) is 7.80. The second-order valence-electron chi connectivity index (χ2n) is 10.1. The number of thioether (sulfide) groups is 1. The molecule has 0 radical (unpaired) electrons. The summed E-state index contributed by atoms with van der Waals surface area (Å²) in [4.78, 5) is 54.8. The van der Waals surface area contributed by atoms with Gasteiger partial charge in [0.05, 0.1) is 29.3 Å². The standard InChI is InChI=1S/C30H21ClF3N3O5S2/c1-42-20-11-9-18(10-12-20)35-21(38)14-36-28-25(44-29(36)41)22(15-5-7-17(31)8-6-15)23-24(43-28)27(40)37(26(23)39)19-4-2-3-16(13-19)30(32,33)34/h2-13,22-24H,14H2,1H3,(H,35,38). The molecule has 44 heavy (non-hydrogen) atoms. The van der Waals surface area contributed by atoms with Crippen LogP contribution in [0.4, 0.5) is 24.5 Å². The zero-order valence-corrected chi connectivity index (χ0v) is 25.0. The number of aromatic nitrogens is 1. The second-order valence-corrected chi connectivity index (χ2v) is 12.6. The monoisotopic (exact) mass is 659 g/mol. The maximum Gasteiger partial charge on any atom is 0.416 e. The highest BCUT2D eigenvalue weighted by Gasteiger charge is 2.57. The highest BCUT2D eigenvalue weighted by molar-refractivity contribution is 8.00. The van der Waals surface area contributed by atoms with Gasteiger partial charge in [-0.2, -0.15) is 13.2 Å². The quantitative estimate of drug-likeness (QED) is 0.254. The molecule has 3 atom stereocenters. The van der Waals surface area contributed by atoms with Crippen LogP contribution >= 0.6 is 34.7 Å². The van der Waals surface area contributed by atoms with Crippen LogP contribution in [0.15, 0.2) is 82.6 Å². The number of fused-ring (bicyclic) bond motifs is 2. The van der Waals surface area contributed by atoms with Crippen LogP contribution in [0, 0.1) is 5.92 Å². The number of methoxy groups -OCH3 is 1. The van der Waals surface area contributed by atoms with Crippen LogP contribution in [-0.4, -0.2) is 34.6 Å². The number of benzene rings is 3. The van der Waals surface area contributed by atoms with Gasteiger partial charge in [-0.15, -0.1) is 0 Å². The highest BCUT2D eigenvalue weighted by atomic mass is 35.5. The largest absolute Gasteiger partial charge is 0.497 e. The van der Waals surface area contributed by atoms with Crippen molar-refractivity contribution in [1.29, 1.82) is 0 Å². The molecule has 3 unspecified atom stereocenters. The normalized spacial score (nSPS) is 19.5. The number of anilines is 2. The van der Waals surface area contributed by atoms with Gasteiger partial charge in [0.1, 0.15) is 17.5 Å². The number of rotatable bonds is 6. The lowest BCUT2D eigenvalue weighted by Crippen LogP contribution is -2.33. The third-order valence-corrected chi connectivity index (χ3v) is 10.2. The van der Waals surface area contributed by atoms with E-state index in [1.54, 1.807) is 48.5 Å². The SMILES string of the molecule is COc1ccc(NC(=O)Cn2c3c(sc2=O)C(c2ccc(Cl)cc2)C2C(=O)N(c4cccc(C(F)(F)F)c4)C(=O)C2S3)cc1. The molecule has 8 nitrogen and oxygen atoms in total. The summed E-state index contributed by atoms with van der Waals surface area (Å²) in [7, 11) is 1.51. The van der Waals surface area contributed by atoms with Gasteiger partial charge in [0.15, 0.2) is 0 Å². The molecule has 1 aromatic heterocycles. The van der Waals surface area contributed by atoms with E-state index in [1.165, 1.54) is 17.7 Å². The minimum absolute atomic E-state index is 0.195. The van der Waals surface area contributed by atoms with Crippen molar-refractivity contribution in [2.24, 2.45) is 5.92 Å². The Morgan fingerprint density at radius 3 is 2.36 bits per heavy atom. The molecule has 1 saturated heterocycles. The van der Waals surface area contributed by atoms with E-state index in [0.29, 0.717) is 31.9 Å². The van der Waals surface area contributed by atoms with Gasteiger partial charge in [0.25, 0.3) is 0 Å². The Morgan fingerprint density at radius 2 is 1.70 bits per heavy atom. The van der Waals surface area contributed by atoms with E-state index in [-0.39, 0.29) is 12.2 Å². The number of hydrogen-bond acceptors (Lipinski definition) is 7. The molecule has 0 spiro atoms. The van der Waals surface area contributed by atoms with Crippen molar-refractivity contribution >= 4 is 63.8 Å². The van der Waals surface area contributed by atoms with Gasteiger partial charge < -0.3 is 10.1 Å². The number of carbonyl (C=O) groups is 3. The van der Waals surface area contributed by atoms with Gasteiger partial charge in [0, 0.05) is 21.5 Å². The van der Waals surface area contributed by atoms with E-state index in [4.69, 9.17) is 16.3 Å². The molecule has 6 rings (SSSR count). The number of imide groups is 1. The Hall–Kier alpha value is -4.07. The summed E-state index contributed by atoms with van der Waals surface area (Å²) in [6.45, 7) is -0.367. The minimum atomic E-state index is -4.68. The Balaban J connectivity index is 1.39. The van der Waals surface area contributed by atoms with E-state index in [0.717, 1.165) is 46.2 Å². The fourth-order valence-corrected chi connectivity index (χ4v) is 8.28. The molecule has 1 fully saturated rings. The fraction of sp³-hybridized carbons (Fsp3) is 0.200. The fourth-order valence-electron chi connectivity index (χ4n) is 5.38.